The first-order valence-electron chi connectivity index (χ1n) is 6.72. The van der Waals surface area contributed by atoms with Gasteiger partial charge >= 0.3 is 0 Å². The largest absolute Gasteiger partial charge is 0.342 e. The lowest BCUT2D eigenvalue weighted by atomic mass is 10.2. The molecule has 0 fully saturated rings. The van der Waals surface area contributed by atoms with E-state index in [2.05, 4.69) is 4.72 Å². The highest BCUT2D eigenvalue weighted by Crippen LogP contribution is 2.18. The Kier molecular flexibility index (Phi) is 6.98. The summed E-state index contributed by atoms with van der Waals surface area (Å²) in [6.07, 6.45) is 1.19. The number of alkyl halides is 1. The molecule has 0 saturated heterocycles. The number of hydrogen-bond donors (Lipinski definition) is 1. The summed E-state index contributed by atoms with van der Waals surface area (Å²) in [6, 6.07) is 7.07. The van der Waals surface area contributed by atoms with Crippen molar-refractivity contribution in [3.05, 3.63) is 29.8 Å². The van der Waals surface area contributed by atoms with E-state index in [1.807, 2.05) is 6.07 Å². The first-order chi connectivity index (χ1) is 9.85. The number of nitrogens with zero attached hydrogens (tertiary/aromatic N) is 1. The Morgan fingerprint density at radius 2 is 1.95 bits per heavy atom. The molecule has 0 atom stereocenters. The van der Waals surface area contributed by atoms with E-state index in [9.17, 15) is 13.2 Å². The molecule has 0 saturated carbocycles. The van der Waals surface area contributed by atoms with E-state index in [4.69, 9.17) is 11.6 Å². The number of halogens is 1. The summed E-state index contributed by atoms with van der Waals surface area (Å²) in [5.74, 6) is 0.418. The molecule has 0 aliphatic heterocycles. The van der Waals surface area contributed by atoms with Crippen LogP contribution < -0.4 is 4.72 Å². The molecule has 0 radical (unpaired) electrons. The number of hydrogen-bond acceptors (Lipinski definition) is 3. The molecule has 1 N–H and O–H groups in total. The zero-order chi connectivity index (χ0) is 15.9. The fourth-order valence-corrected chi connectivity index (χ4v) is 3.14. The molecule has 0 aromatic heterocycles. The van der Waals surface area contributed by atoms with Gasteiger partial charge in [0.2, 0.25) is 15.9 Å². The van der Waals surface area contributed by atoms with Crippen LogP contribution in [-0.4, -0.2) is 37.9 Å². The van der Waals surface area contributed by atoms with Crippen molar-refractivity contribution in [2.75, 3.05) is 23.4 Å². The summed E-state index contributed by atoms with van der Waals surface area (Å²) in [6.45, 7) is 1.83. The zero-order valence-electron chi connectivity index (χ0n) is 12.3. The van der Waals surface area contributed by atoms with Gasteiger partial charge < -0.3 is 4.90 Å². The summed E-state index contributed by atoms with van der Waals surface area (Å²) >= 11 is 5.55. The number of carbonyl (C=O) groups excluding carboxylic acids is 1. The average molecular weight is 333 g/mol. The van der Waals surface area contributed by atoms with Crippen molar-refractivity contribution in [2.24, 2.45) is 0 Å². The van der Waals surface area contributed by atoms with Crippen LogP contribution in [0.5, 0.6) is 0 Å². The van der Waals surface area contributed by atoms with Gasteiger partial charge in [0.1, 0.15) is 0 Å². The van der Waals surface area contributed by atoms with Crippen LogP contribution in [-0.2, 0) is 21.4 Å². The minimum Gasteiger partial charge on any atom is -0.342 e. The van der Waals surface area contributed by atoms with Crippen molar-refractivity contribution in [3.63, 3.8) is 0 Å². The second-order valence-corrected chi connectivity index (χ2v) is 7.07. The fraction of sp³-hybridized carbons (Fsp3) is 0.500. The van der Waals surface area contributed by atoms with Gasteiger partial charge in [-0.2, -0.15) is 0 Å². The Morgan fingerprint density at radius 1 is 1.29 bits per heavy atom. The maximum absolute atomic E-state index is 12.0. The van der Waals surface area contributed by atoms with Gasteiger partial charge in [0, 0.05) is 26.4 Å². The lowest BCUT2D eigenvalue weighted by Crippen LogP contribution is -2.24. The molecule has 5 nitrogen and oxygen atoms in total. The van der Waals surface area contributed by atoms with Crippen molar-refractivity contribution in [2.45, 2.75) is 26.3 Å². The van der Waals surface area contributed by atoms with E-state index >= 15 is 0 Å². The Morgan fingerprint density at radius 3 is 2.57 bits per heavy atom. The standard InChI is InChI=1S/C14H21ClN2O3S/c1-12(18)17(2)11-13-7-3-4-8-14(13)16-21(19,20)10-6-5-9-15/h3-4,7-8,16H,5-6,9-11H2,1-2H3. The summed E-state index contributed by atoms with van der Waals surface area (Å²) in [5.41, 5.74) is 1.27. The van der Waals surface area contributed by atoms with Gasteiger partial charge in [0.25, 0.3) is 0 Å². The predicted octanol–water partition coefficient (Wildman–Crippen LogP) is 2.43. The van der Waals surface area contributed by atoms with Crippen molar-refractivity contribution < 1.29 is 13.2 Å². The fourth-order valence-electron chi connectivity index (χ4n) is 1.73. The van der Waals surface area contributed by atoms with Crippen molar-refractivity contribution in [3.8, 4) is 0 Å². The molecule has 0 unspecified atom stereocenters. The number of benzene rings is 1. The van der Waals surface area contributed by atoms with Gasteiger partial charge in [-0.1, -0.05) is 18.2 Å². The molecule has 7 heteroatoms. The molecule has 1 amide bonds. The maximum atomic E-state index is 12.0. The number of anilines is 1. The molecule has 1 aromatic rings. The van der Waals surface area contributed by atoms with Gasteiger partial charge in [-0.15, -0.1) is 11.6 Å². The normalized spacial score (nSPS) is 11.2. The molecular weight excluding hydrogens is 312 g/mol. The number of para-hydroxylation sites is 1. The topological polar surface area (TPSA) is 66.5 Å². The third kappa shape index (κ3) is 6.35. The van der Waals surface area contributed by atoms with Gasteiger partial charge in [0.05, 0.1) is 11.4 Å². The van der Waals surface area contributed by atoms with Crippen LogP contribution in [0.25, 0.3) is 0 Å². The van der Waals surface area contributed by atoms with Gasteiger partial charge in [0.15, 0.2) is 0 Å². The van der Waals surface area contributed by atoms with Crippen molar-refractivity contribution in [1.29, 1.82) is 0 Å². The van der Waals surface area contributed by atoms with Crippen LogP contribution in [0.3, 0.4) is 0 Å². The van der Waals surface area contributed by atoms with E-state index in [1.54, 1.807) is 25.2 Å². The molecule has 0 heterocycles. The smallest absolute Gasteiger partial charge is 0.232 e. The third-order valence-corrected chi connectivity index (χ3v) is 4.65. The van der Waals surface area contributed by atoms with E-state index in [0.717, 1.165) is 5.56 Å². The number of unbranched alkanes of at least 4 members (excludes halogenated alkanes) is 1. The highest BCUT2D eigenvalue weighted by atomic mass is 35.5. The van der Waals surface area contributed by atoms with Crippen LogP contribution in [0.15, 0.2) is 24.3 Å². The number of sulfonamides is 1. The Labute approximate surface area is 131 Å². The quantitative estimate of drug-likeness (QED) is 0.587. The maximum Gasteiger partial charge on any atom is 0.232 e. The lowest BCUT2D eigenvalue weighted by molar-refractivity contribution is -0.128. The Bertz CT molecular complexity index is 575. The van der Waals surface area contributed by atoms with Crippen LogP contribution in [0.4, 0.5) is 5.69 Å². The predicted molar refractivity (Wildman–Crippen MR) is 86.0 cm³/mol. The third-order valence-electron chi connectivity index (χ3n) is 3.02. The van der Waals surface area contributed by atoms with E-state index in [1.165, 1.54) is 11.8 Å². The number of amides is 1. The molecule has 0 spiro atoms. The molecule has 118 valence electrons. The van der Waals surface area contributed by atoms with Crippen LogP contribution >= 0.6 is 11.6 Å². The Hall–Kier alpha value is -1.27. The minimum atomic E-state index is -3.40. The van der Waals surface area contributed by atoms with Crippen molar-refractivity contribution >= 4 is 33.2 Å². The minimum absolute atomic E-state index is 0.0383. The SMILES string of the molecule is CC(=O)N(C)Cc1ccccc1NS(=O)(=O)CCCCCl. The Balaban J connectivity index is 2.81. The molecule has 1 aromatic carbocycles. The second kappa shape index (κ2) is 8.24. The van der Waals surface area contributed by atoms with Gasteiger partial charge in [-0.3, -0.25) is 9.52 Å². The first kappa shape index (κ1) is 17.8. The van der Waals surface area contributed by atoms with Gasteiger partial charge in [-0.05, 0) is 24.5 Å². The molecular formula is C14H21ClN2O3S. The molecule has 0 aliphatic carbocycles. The number of carbonyl (C=O) groups is 1. The zero-order valence-corrected chi connectivity index (χ0v) is 13.9. The van der Waals surface area contributed by atoms with Crippen molar-refractivity contribution in [1.82, 2.24) is 4.90 Å². The molecule has 21 heavy (non-hydrogen) atoms. The van der Waals surface area contributed by atoms with Gasteiger partial charge in [-0.25, -0.2) is 8.42 Å². The lowest BCUT2D eigenvalue weighted by Gasteiger charge is -2.18. The first-order valence-corrected chi connectivity index (χ1v) is 8.90. The molecule has 1 rings (SSSR count). The summed E-state index contributed by atoms with van der Waals surface area (Å²) in [5, 5.41) is 0. The van der Waals surface area contributed by atoms with E-state index in [-0.39, 0.29) is 11.7 Å². The monoisotopic (exact) mass is 332 g/mol. The average Bonchev–Trinajstić information content (AvgIpc) is 2.40. The highest BCUT2D eigenvalue weighted by Gasteiger charge is 2.14. The van der Waals surface area contributed by atoms with Crippen LogP contribution in [0.2, 0.25) is 0 Å². The molecule has 0 bridgehead atoms. The summed E-state index contributed by atoms with van der Waals surface area (Å²) in [4.78, 5) is 12.8. The van der Waals surface area contributed by atoms with E-state index < -0.39 is 10.0 Å². The molecule has 0 aliphatic rings. The second-order valence-electron chi connectivity index (χ2n) is 4.85. The van der Waals surface area contributed by atoms with Crippen LogP contribution in [0.1, 0.15) is 25.3 Å². The summed E-state index contributed by atoms with van der Waals surface area (Å²) in [7, 11) is -1.72. The number of nitrogens with one attached hydrogen (secondary N) is 1. The highest BCUT2D eigenvalue weighted by molar-refractivity contribution is 7.92. The van der Waals surface area contributed by atoms with E-state index in [0.29, 0.717) is 31.0 Å². The number of rotatable bonds is 8. The summed E-state index contributed by atoms with van der Waals surface area (Å²) < 4.78 is 26.6. The van der Waals surface area contributed by atoms with Crippen LogP contribution in [0, 0.1) is 0 Å².